The molecule has 2 aromatic carbocycles. The van der Waals surface area contributed by atoms with Crippen molar-refractivity contribution in [2.75, 3.05) is 0 Å². The van der Waals surface area contributed by atoms with Crippen LogP contribution in [0.2, 0.25) is 0 Å². The first kappa shape index (κ1) is 11.7. The molecule has 96 valence electrons. The molecule has 0 aliphatic carbocycles. The maximum atomic E-state index is 13.6. The van der Waals surface area contributed by atoms with Crippen LogP contribution in [0.5, 0.6) is 0 Å². The smallest absolute Gasteiger partial charge is 0.186 e. The van der Waals surface area contributed by atoms with E-state index in [1.54, 1.807) is 0 Å². The second kappa shape index (κ2) is 4.08. The van der Waals surface area contributed by atoms with Crippen LogP contribution < -0.4 is 0 Å². The van der Waals surface area contributed by atoms with Crippen molar-refractivity contribution >= 4 is 11.0 Å². The van der Waals surface area contributed by atoms with Crippen molar-refractivity contribution in [3.05, 3.63) is 53.6 Å². The van der Waals surface area contributed by atoms with Crippen molar-refractivity contribution in [3.63, 3.8) is 0 Å². The molecule has 3 aromatic rings. The molecular formula is C13H6F4N2. The Balaban J connectivity index is 2.27. The minimum Gasteiger partial charge on any atom is -0.338 e. The molecular weight excluding hydrogens is 260 g/mol. The van der Waals surface area contributed by atoms with Crippen LogP contribution in [-0.4, -0.2) is 9.97 Å². The first-order chi connectivity index (χ1) is 9.08. The highest BCUT2D eigenvalue weighted by molar-refractivity contribution is 5.80. The van der Waals surface area contributed by atoms with Gasteiger partial charge in [0.05, 0.1) is 11.1 Å². The average molecular weight is 266 g/mol. The van der Waals surface area contributed by atoms with E-state index in [0.717, 1.165) is 12.1 Å². The summed E-state index contributed by atoms with van der Waals surface area (Å²) in [5.41, 5.74) is -0.188. The number of imidazole rings is 1. The van der Waals surface area contributed by atoms with Crippen molar-refractivity contribution < 1.29 is 17.6 Å². The molecule has 1 heterocycles. The second-order valence-corrected chi connectivity index (χ2v) is 3.94. The minimum atomic E-state index is -1.13. The highest BCUT2D eigenvalue weighted by atomic mass is 19.2. The number of hydrogen-bond acceptors (Lipinski definition) is 1. The maximum Gasteiger partial charge on any atom is 0.186 e. The molecule has 0 aliphatic rings. The van der Waals surface area contributed by atoms with E-state index in [1.165, 1.54) is 18.2 Å². The van der Waals surface area contributed by atoms with Gasteiger partial charge in [-0.25, -0.2) is 22.5 Å². The van der Waals surface area contributed by atoms with Gasteiger partial charge in [-0.2, -0.15) is 0 Å². The Labute approximate surface area is 104 Å². The lowest BCUT2D eigenvalue weighted by molar-refractivity contribution is 0.510. The second-order valence-electron chi connectivity index (χ2n) is 3.94. The Morgan fingerprint density at radius 3 is 2.37 bits per heavy atom. The molecule has 0 unspecified atom stereocenters. The lowest BCUT2D eigenvalue weighted by atomic mass is 10.2. The summed E-state index contributed by atoms with van der Waals surface area (Å²) in [6.07, 6.45) is 0. The van der Waals surface area contributed by atoms with E-state index in [4.69, 9.17) is 0 Å². The van der Waals surface area contributed by atoms with Crippen LogP contribution in [0.1, 0.15) is 0 Å². The molecule has 2 nitrogen and oxygen atoms in total. The number of nitrogens with zero attached hydrogens (tertiary/aromatic N) is 1. The van der Waals surface area contributed by atoms with Gasteiger partial charge in [-0.05, 0) is 24.3 Å². The van der Waals surface area contributed by atoms with Crippen LogP contribution in [0.4, 0.5) is 17.6 Å². The van der Waals surface area contributed by atoms with Crippen molar-refractivity contribution in [3.8, 4) is 11.4 Å². The number of rotatable bonds is 1. The third-order valence-corrected chi connectivity index (χ3v) is 2.75. The summed E-state index contributed by atoms with van der Waals surface area (Å²) in [6, 6.07) is 5.77. The molecule has 0 spiro atoms. The lowest BCUT2D eigenvalue weighted by Gasteiger charge is -1.99. The third kappa shape index (κ3) is 1.76. The van der Waals surface area contributed by atoms with Crippen molar-refractivity contribution in [2.24, 2.45) is 0 Å². The van der Waals surface area contributed by atoms with Gasteiger partial charge in [0.1, 0.15) is 11.3 Å². The maximum absolute atomic E-state index is 13.6. The fourth-order valence-electron chi connectivity index (χ4n) is 1.83. The largest absolute Gasteiger partial charge is 0.338 e. The van der Waals surface area contributed by atoms with Crippen molar-refractivity contribution in [2.45, 2.75) is 0 Å². The number of aromatic nitrogens is 2. The van der Waals surface area contributed by atoms with Crippen LogP contribution in [0, 0.1) is 23.3 Å². The van der Waals surface area contributed by atoms with E-state index < -0.39 is 23.3 Å². The summed E-state index contributed by atoms with van der Waals surface area (Å²) in [4.78, 5) is 6.39. The third-order valence-electron chi connectivity index (χ3n) is 2.75. The highest BCUT2D eigenvalue weighted by Gasteiger charge is 2.16. The molecule has 19 heavy (non-hydrogen) atoms. The summed E-state index contributed by atoms with van der Waals surface area (Å²) in [6.45, 7) is 0. The number of fused-ring (bicyclic) bond motifs is 1. The molecule has 0 radical (unpaired) electrons. The summed E-state index contributed by atoms with van der Waals surface area (Å²) in [5.74, 6) is -4.37. The molecule has 0 bridgehead atoms. The Bertz CT molecular complexity index is 780. The van der Waals surface area contributed by atoms with Gasteiger partial charge in [-0.1, -0.05) is 6.07 Å². The predicted molar refractivity (Wildman–Crippen MR) is 61.4 cm³/mol. The van der Waals surface area contributed by atoms with Crippen LogP contribution >= 0.6 is 0 Å². The van der Waals surface area contributed by atoms with Gasteiger partial charge in [-0.3, -0.25) is 0 Å². The van der Waals surface area contributed by atoms with Gasteiger partial charge in [0.2, 0.25) is 0 Å². The molecule has 0 aliphatic heterocycles. The van der Waals surface area contributed by atoms with Gasteiger partial charge in [0.25, 0.3) is 0 Å². The highest BCUT2D eigenvalue weighted by Crippen LogP contribution is 2.26. The van der Waals surface area contributed by atoms with E-state index >= 15 is 0 Å². The zero-order valence-electron chi connectivity index (χ0n) is 9.35. The fraction of sp³-hybridized carbons (Fsp3) is 0. The van der Waals surface area contributed by atoms with Gasteiger partial charge < -0.3 is 4.98 Å². The standard InChI is InChI=1S/C13H6F4N2/c14-7-3-1-2-6(10(7)16)13-18-9-5-4-8(15)11(17)12(9)19-13/h1-5H,(H,18,19). The Kier molecular flexibility index (Phi) is 2.51. The van der Waals surface area contributed by atoms with Crippen molar-refractivity contribution in [1.29, 1.82) is 0 Å². The van der Waals surface area contributed by atoms with E-state index in [-0.39, 0.29) is 22.4 Å². The van der Waals surface area contributed by atoms with Crippen LogP contribution in [0.15, 0.2) is 30.3 Å². The molecule has 0 fully saturated rings. The molecule has 1 aromatic heterocycles. The summed E-state index contributed by atoms with van der Waals surface area (Å²) < 4.78 is 53.2. The van der Waals surface area contributed by atoms with E-state index in [9.17, 15) is 17.6 Å². The number of hydrogen-bond donors (Lipinski definition) is 1. The first-order valence-electron chi connectivity index (χ1n) is 5.36. The number of benzene rings is 2. The normalized spacial score (nSPS) is 11.2. The van der Waals surface area contributed by atoms with Gasteiger partial charge >= 0.3 is 0 Å². The predicted octanol–water partition coefficient (Wildman–Crippen LogP) is 3.79. The molecule has 0 atom stereocenters. The molecule has 6 heteroatoms. The zero-order chi connectivity index (χ0) is 13.6. The molecule has 0 saturated carbocycles. The van der Waals surface area contributed by atoms with E-state index in [0.29, 0.717) is 0 Å². The zero-order valence-corrected chi connectivity index (χ0v) is 9.35. The van der Waals surface area contributed by atoms with Gasteiger partial charge in [0, 0.05) is 0 Å². The van der Waals surface area contributed by atoms with Crippen LogP contribution in [-0.2, 0) is 0 Å². The van der Waals surface area contributed by atoms with E-state index in [1.807, 2.05) is 0 Å². The topological polar surface area (TPSA) is 28.7 Å². The van der Waals surface area contributed by atoms with Crippen molar-refractivity contribution in [1.82, 2.24) is 9.97 Å². The summed E-state index contributed by atoms with van der Waals surface area (Å²) >= 11 is 0. The monoisotopic (exact) mass is 266 g/mol. The molecule has 3 rings (SSSR count). The van der Waals surface area contributed by atoms with Gasteiger partial charge in [-0.15, -0.1) is 0 Å². The number of nitrogens with one attached hydrogen (secondary N) is 1. The summed E-state index contributed by atoms with van der Waals surface area (Å²) in [7, 11) is 0. The minimum absolute atomic E-state index is 0.0588. The van der Waals surface area contributed by atoms with E-state index in [2.05, 4.69) is 9.97 Å². The number of H-pyrrole nitrogens is 1. The number of halogens is 4. The quantitative estimate of drug-likeness (QED) is 0.667. The Morgan fingerprint density at radius 2 is 1.58 bits per heavy atom. The first-order valence-corrected chi connectivity index (χ1v) is 5.36. The fourth-order valence-corrected chi connectivity index (χ4v) is 1.83. The molecule has 1 N–H and O–H groups in total. The SMILES string of the molecule is Fc1cccc(-c2nc3c(F)c(F)ccc3[nH]2)c1F. The molecule has 0 saturated heterocycles. The van der Waals surface area contributed by atoms with Crippen LogP contribution in [0.25, 0.3) is 22.4 Å². The van der Waals surface area contributed by atoms with Crippen LogP contribution in [0.3, 0.4) is 0 Å². The Hall–Kier alpha value is -2.37. The Morgan fingerprint density at radius 1 is 0.842 bits per heavy atom. The lowest BCUT2D eigenvalue weighted by Crippen LogP contribution is -1.90. The molecule has 0 amide bonds. The van der Waals surface area contributed by atoms with Gasteiger partial charge in [0.15, 0.2) is 23.3 Å². The summed E-state index contributed by atoms with van der Waals surface area (Å²) in [5, 5.41) is 0. The number of aromatic amines is 1. The average Bonchev–Trinajstić information content (AvgIpc) is 2.82.